The minimum absolute atomic E-state index is 0.0837. The predicted molar refractivity (Wildman–Crippen MR) is 122 cm³/mol. The van der Waals surface area contributed by atoms with Gasteiger partial charge in [0.1, 0.15) is 17.5 Å². The molecule has 5 atom stereocenters. The topological polar surface area (TPSA) is 84.9 Å². The van der Waals surface area contributed by atoms with Gasteiger partial charge in [0.25, 0.3) is 0 Å². The van der Waals surface area contributed by atoms with Crippen molar-refractivity contribution in [3.63, 3.8) is 0 Å². The maximum absolute atomic E-state index is 13.6. The van der Waals surface area contributed by atoms with Crippen LogP contribution < -0.4 is 14.8 Å². The lowest BCUT2D eigenvalue weighted by Gasteiger charge is -2.27. The fourth-order valence-electron chi connectivity index (χ4n) is 5.50. The molecule has 3 aliphatic rings. The van der Waals surface area contributed by atoms with Crippen LogP contribution >= 0.6 is 0 Å². The Labute approximate surface area is 192 Å². The molecule has 0 spiro atoms. The van der Waals surface area contributed by atoms with E-state index >= 15 is 0 Å². The third-order valence-corrected chi connectivity index (χ3v) is 7.06. The van der Waals surface area contributed by atoms with Crippen LogP contribution in [-0.4, -0.2) is 42.9 Å². The molecule has 1 saturated carbocycles. The van der Waals surface area contributed by atoms with E-state index < -0.39 is 11.9 Å². The number of fused-ring (bicyclic) bond motifs is 5. The van der Waals surface area contributed by atoms with E-state index in [-0.39, 0.29) is 41.9 Å². The molecule has 0 radical (unpaired) electrons. The second-order valence-electron chi connectivity index (χ2n) is 8.81. The fraction of sp³-hybridized carbons (Fsp3) is 0.346. The number of likely N-dealkylation sites (tertiary alicyclic amines) is 1. The number of hydrogen-bond donors (Lipinski definition) is 1. The van der Waals surface area contributed by atoms with Crippen molar-refractivity contribution in [1.82, 2.24) is 4.90 Å². The quantitative estimate of drug-likeness (QED) is 0.522. The first kappa shape index (κ1) is 21.2. The molecule has 1 N–H and O–H groups in total. The summed E-state index contributed by atoms with van der Waals surface area (Å²) in [6.45, 7) is 0. The molecule has 2 aromatic rings. The maximum atomic E-state index is 13.6. The third kappa shape index (κ3) is 3.57. The van der Waals surface area contributed by atoms with Gasteiger partial charge in [0.05, 0.1) is 31.7 Å². The van der Waals surface area contributed by atoms with Gasteiger partial charge in [-0.2, -0.15) is 0 Å². The Hall–Kier alpha value is -3.61. The summed E-state index contributed by atoms with van der Waals surface area (Å²) >= 11 is 0. The molecule has 2 aromatic carbocycles. The van der Waals surface area contributed by atoms with Crippen LogP contribution in [0.1, 0.15) is 12.0 Å². The molecule has 3 amide bonds. The van der Waals surface area contributed by atoms with Crippen LogP contribution in [-0.2, 0) is 20.8 Å². The average Bonchev–Trinajstić information content (AvgIpc) is 3.52. The van der Waals surface area contributed by atoms with Gasteiger partial charge in [-0.25, -0.2) is 0 Å². The lowest BCUT2D eigenvalue weighted by molar-refractivity contribution is -0.147. The van der Waals surface area contributed by atoms with Gasteiger partial charge in [-0.05, 0) is 36.0 Å². The van der Waals surface area contributed by atoms with E-state index in [1.165, 1.54) is 19.1 Å². The van der Waals surface area contributed by atoms with Crippen LogP contribution in [0.2, 0.25) is 0 Å². The van der Waals surface area contributed by atoms with Gasteiger partial charge in [-0.3, -0.25) is 19.3 Å². The lowest BCUT2D eigenvalue weighted by atomic mass is 9.85. The van der Waals surface area contributed by atoms with Gasteiger partial charge in [-0.1, -0.05) is 42.5 Å². The SMILES string of the molecule is COc1ccc(OC)c(NC(=O)[C@H](Cc2ccccc2)N2C(=O)[C@@H]3[C@H](C2=O)[C@@H]2C=C[C@H]3C2)c1. The molecule has 1 heterocycles. The zero-order valence-electron chi connectivity index (χ0n) is 18.6. The van der Waals surface area contributed by atoms with Crippen molar-refractivity contribution >= 4 is 23.4 Å². The molecule has 7 nitrogen and oxygen atoms in total. The Kier molecular flexibility index (Phi) is 5.40. The van der Waals surface area contributed by atoms with Crippen LogP contribution in [0, 0.1) is 23.7 Å². The second-order valence-corrected chi connectivity index (χ2v) is 8.81. The van der Waals surface area contributed by atoms with Gasteiger partial charge in [0, 0.05) is 12.5 Å². The fourth-order valence-corrected chi connectivity index (χ4v) is 5.50. The van der Waals surface area contributed by atoms with Crippen LogP contribution in [0.3, 0.4) is 0 Å². The van der Waals surface area contributed by atoms with E-state index in [1.54, 1.807) is 18.2 Å². The summed E-state index contributed by atoms with van der Waals surface area (Å²) in [7, 11) is 3.05. The van der Waals surface area contributed by atoms with E-state index in [0.717, 1.165) is 12.0 Å². The normalized spacial score (nSPS) is 25.8. The van der Waals surface area contributed by atoms with E-state index in [0.29, 0.717) is 17.2 Å². The summed E-state index contributed by atoms with van der Waals surface area (Å²) in [6.07, 6.45) is 5.18. The first-order chi connectivity index (χ1) is 16.0. The van der Waals surface area contributed by atoms with Crippen LogP contribution in [0.15, 0.2) is 60.7 Å². The number of nitrogens with zero attached hydrogens (tertiary/aromatic N) is 1. The first-order valence-electron chi connectivity index (χ1n) is 11.1. The molecule has 1 aliphatic heterocycles. The Morgan fingerprint density at radius 3 is 2.27 bits per heavy atom. The maximum Gasteiger partial charge on any atom is 0.248 e. The van der Waals surface area contributed by atoms with Gasteiger partial charge in [0.15, 0.2) is 0 Å². The van der Waals surface area contributed by atoms with Gasteiger partial charge in [0.2, 0.25) is 17.7 Å². The standard InChI is InChI=1S/C26H26N2O5/c1-32-18-10-11-21(33-2)19(14-18)27-24(29)20(12-15-6-4-3-5-7-15)28-25(30)22-16-8-9-17(13-16)23(22)26(28)31/h3-11,14,16-17,20,22-23H,12-13H2,1-2H3,(H,27,29)/t16-,17+,20-,22-,23+/m0/s1. The minimum Gasteiger partial charge on any atom is -0.497 e. The first-order valence-corrected chi connectivity index (χ1v) is 11.1. The number of carbonyl (C=O) groups is 3. The molecule has 2 aliphatic carbocycles. The molecule has 1 saturated heterocycles. The Morgan fingerprint density at radius 2 is 1.67 bits per heavy atom. The Morgan fingerprint density at radius 1 is 1.00 bits per heavy atom. The van der Waals surface area contributed by atoms with E-state index in [9.17, 15) is 14.4 Å². The van der Waals surface area contributed by atoms with Gasteiger partial charge < -0.3 is 14.8 Å². The lowest BCUT2D eigenvalue weighted by Crippen LogP contribution is -2.49. The summed E-state index contributed by atoms with van der Waals surface area (Å²) in [5.74, 6) is -0.453. The number of carbonyl (C=O) groups excluding carboxylic acids is 3. The van der Waals surface area contributed by atoms with Crippen molar-refractivity contribution in [1.29, 1.82) is 0 Å². The molecule has 0 aromatic heterocycles. The van der Waals surface area contributed by atoms with E-state index in [2.05, 4.69) is 5.32 Å². The summed E-state index contributed by atoms with van der Waals surface area (Å²) in [6, 6.07) is 13.5. The number of allylic oxidation sites excluding steroid dienone is 2. The number of benzene rings is 2. The number of nitrogens with one attached hydrogen (secondary N) is 1. The molecule has 33 heavy (non-hydrogen) atoms. The van der Waals surface area contributed by atoms with Crippen LogP contribution in [0.4, 0.5) is 5.69 Å². The number of amides is 3. The Bertz CT molecular complexity index is 1100. The number of anilines is 1. The highest BCUT2D eigenvalue weighted by atomic mass is 16.5. The number of imide groups is 1. The molecule has 0 unspecified atom stereocenters. The molecule has 5 rings (SSSR count). The molecular formula is C26H26N2O5. The molecule has 7 heteroatoms. The average molecular weight is 447 g/mol. The zero-order chi connectivity index (χ0) is 23.1. The summed E-state index contributed by atoms with van der Waals surface area (Å²) in [5.41, 5.74) is 1.29. The molecular weight excluding hydrogens is 420 g/mol. The van der Waals surface area contributed by atoms with Crippen molar-refractivity contribution < 1.29 is 23.9 Å². The molecule has 2 fully saturated rings. The number of ether oxygens (including phenoxy) is 2. The van der Waals surface area contributed by atoms with Gasteiger partial charge in [-0.15, -0.1) is 0 Å². The summed E-state index contributed by atoms with van der Waals surface area (Å²) in [5, 5.41) is 2.87. The van der Waals surface area contributed by atoms with Crippen LogP contribution in [0.5, 0.6) is 11.5 Å². The van der Waals surface area contributed by atoms with Gasteiger partial charge >= 0.3 is 0 Å². The van der Waals surface area contributed by atoms with E-state index in [1.807, 2.05) is 42.5 Å². The highest BCUT2D eigenvalue weighted by Gasteiger charge is 2.61. The van der Waals surface area contributed by atoms with Crippen LogP contribution in [0.25, 0.3) is 0 Å². The van der Waals surface area contributed by atoms with E-state index in [4.69, 9.17) is 9.47 Å². The molecule has 2 bridgehead atoms. The number of rotatable bonds is 7. The summed E-state index contributed by atoms with van der Waals surface area (Å²) < 4.78 is 10.7. The highest BCUT2D eigenvalue weighted by molar-refractivity contribution is 6.11. The number of hydrogen-bond acceptors (Lipinski definition) is 5. The van der Waals surface area contributed by atoms with Crippen molar-refractivity contribution in [2.24, 2.45) is 23.7 Å². The predicted octanol–water partition coefficient (Wildman–Crippen LogP) is 3.06. The zero-order valence-corrected chi connectivity index (χ0v) is 18.6. The third-order valence-electron chi connectivity index (χ3n) is 7.06. The smallest absolute Gasteiger partial charge is 0.248 e. The summed E-state index contributed by atoms with van der Waals surface area (Å²) in [4.78, 5) is 41.7. The number of methoxy groups -OCH3 is 2. The van der Waals surface area contributed by atoms with Crippen molar-refractivity contribution in [3.05, 3.63) is 66.2 Å². The van der Waals surface area contributed by atoms with Crippen molar-refractivity contribution in [2.45, 2.75) is 18.9 Å². The molecule has 170 valence electrons. The minimum atomic E-state index is -0.965. The monoisotopic (exact) mass is 446 g/mol. The second kappa shape index (κ2) is 8.39. The highest BCUT2D eigenvalue weighted by Crippen LogP contribution is 2.53. The van der Waals surface area contributed by atoms with Crippen molar-refractivity contribution in [2.75, 3.05) is 19.5 Å². The Balaban J connectivity index is 1.47. The van der Waals surface area contributed by atoms with Crippen molar-refractivity contribution in [3.8, 4) is 11.5 Å². The largest absolute Gasteiger partial charge is 0.497 e.